The zero-order valence-corrected chi connectivity index (χ0v) is 13.9. The fourth-order valence-electron chi connectivity index (χ4n) is 2.77. The van der Waals surface area contributed by atoms with Crippen LogP contribution in [-0.2, 0) is 10.0 Å². The van der Waals surface area contributed by atoms with Crippen molar-refractivity contribution in [2.75, 3.05) is 13.1 Å². The highest BCUT2D eigenvalue weighted by Crippen LogP contribution is 2.32. The summed E-state index contributed by atoms with van der Waals surface area (Å²) in [6, 6.07) is 6.57. The van der Waals surface area contributed by atoms with Gasteiger partial charge in [0.05, 0.1) is 17.3 Å². The second-order valence-electron chi connectivity index (χ2n) is 5.87. The number of rotatable bonds is 3. The van der Waals surface area contributed by atoms with E-state index in [4.69, 9.17) is 0 Å². The van der Waals surface area contributed by atoms with Gasteiger partial charge in [-0.25, -0.2) is 17.2 Å². The van der Waals surface area contributed by atoms with Gasteiger partial charge in [0.25, 0.3) is 5.92 Å². The van der Waals surface area contributed by atoms with Crippen LogP contribution < -0.4 is 0 Å². The number of hydrogen-bond acceptors (Lipinski definition) is 4. The van der Waals surface area contributed by atoms with Gasteiger partial charge in [-0.3, -0.25) is 0 Å². The molecule has 1 aromatic heterocycles. The van der Waals surface area contributed by atoms with Crippen LogP contribution in [-0.4, -0.2) is 41.9 Å². The molecule has 2 aromatic rings. The summed E-state index contributed by atoms with van der Waals surface area (Å²) in [7, 11) is -3.76. The van der Waals surface area contributed by atoms with Crippen molar-refractivity contribution >= 4 is 10.0 Å². The highest BCUT2D eigenvalue weighted by Gasteiger charge is 2.38. The number of piperidine rings is 1. The first-order valence-corrected chi connectivity index (χ1v) is 8.99. The molecule has 0 radical (unpaired) electrons. The monoisotopic (exact) mass is 353 g/mol. The quantitative estimate of drug-likeness (QED) is 0.851. The fraction of sp³-hybridized carbons (Fsp3) is 0.375. The van der Waals surface area contributed by atoms with Crippen LogP contribution in [0.4, 0.5) is 8.78 Å². The van der Waals surface area contributed by atoms with Crippen molar-refractivity contribution in [2.45, 2.75) is 30.6 Å². The van der Waals surface area contributed by atoms with E-state index in [0.717, 1.165) is 21.0 Å². The Labute approximate surface area is 139 Å². The van der Waals surface area contributed by atoms with Gasteiger partial charge in [0, 0.05) is 31.5 Å². The summed E-state index contributed by atoms with van der Waals surface area (Å²) in [5.74, 6) is -2.78. The molecule has 0 spiro atoms. The van der Waals surface area contributed by atoms with Gasteiger partial charge in [0.2, 0.25) is 10.0 Å². The summed E-state index contributed by atoms with van der Waals surface area (Å²) in [6.45, 7) is 1.48. The van der Waals surface area contributed by atoms with Crippen LogP contribution in [0.2, 0.25) is 0 Å². The maximum atomic E-state index is 13.2. The minimum Gasteiger partial charge on any atom is -0.207 e. The number of sulfonamides is 1. The number of nitrogens with zero attached hydrogens (tertiary/aromatic N) is 3. The molecule has 2 heterocycles. The highest BCUT2D eigenvalue weighted by molar-refractivity contribution is 7.89. The second kappa shape index (κ2) is 6.18. The molecule has 0 aliphatic carbocycles. The number of alkyl halides is 2. The molecule has 8 heteroatoms. The van der Waals surface area contributed by atoms with E-state index in [1.807, 2.05) is 0 Å². The molecule has 0 saturated carbocycles. The lowest BCUT2D eigenvalue weighted by Gasteiger charge is -2.31. The third kappa shape index (κ3) is 3.29. The fourth-order valence-corrected chi connectivity index (χ4v) is 4.30. The Bertz CT molecular complexity index is 832. The average molecular weight is 353 g/mol. The van der Waals surface area contributed by atoms with Crippen molar-refractivity contribution in [2.24, 2.45) is 0 Å². The van der Waals surface area contributed by atoms with E-state index in [-0.39, 0.29) is 18.0 Å². The summed E-state index contributed by atoms with van der Waals surface area (Å²) in [5, 5.41) is 7.53. The molecule has 3 rings (SSSR count). The lowest BCUT2D eigenvalue weighted by atomic mass is 10.0. The van der Waals surface area contributed by atoms with E-state index in [1.54, 1.807) is 37.5 Å². The topological polar surface area (TPSA) is 63.2 Å². The Morgan fingerprint density at radius 1 is 1.12 bits per heavy atom. The van der Waals surface area contributed by atoms with Crippen LogP contribution in [0.3, 0.4) is 0 Å². The molecule has 1 aliphatic heterocycles. The van der Waals surface area contributed by atoms with Crippen molar-refractivity contribution in [1.82, 2.24) is 14.5 Å². The molecule has 0 N–H and O–H groups in total. The largest absolute Gasteiger partial charge is 0.250 e. The van der Waals surface area contributed by atoms with Gasteiger partial charge in [-0.15, -0.1) is 0 Å². The van der Waals surface area contributed by atoms with Crippen molar-refractivity contribution in [1.29, 1.82) is 0 Å². The molecular formula is C16H17F2N3O2S. The van der Waals surface area contributed by atoms with Crippen molar-refractivity contribution in [3.05, 3.63) is 42.2 Å². The van der Waals surface area contributed by atoms with Crippen LogP contribution >= 0.6 is 0 Å². The summed E-state index contributed by atoms with van der Waals surface area (Å²) >= 11 is 0. The van der Waals surface area contributed by atoms with E-state index in [0.29, 0.717) is 0 Å². The van der Waals surface area contributed by atoms with E-state index >= 15 is 0 Å². The lowest BCUT2D eigenvalue weighted by molar-refractivity contribution is -0.0412. The Morgan fingerprint density at radius 2 is 1.83 bits per heavy atom. The second-order valence-corrected chi connectivity index (χ2v) is 7.81. The summed E-state index contributed by atoms with van der Waals surface area (Å²) < 4.78 is 52.9. The smallest absolute Gasteiger partial charge is 0.207 e. The zero-order chi connectivity index (χ0) is 17.4. The van der Waals surface area contributed by atoms with Crippen LogP contribution in [0.5, 0.6) is 0 Å². The molecule has 1 aromatic carbocycles. The average Bonchev–Trinajstić information content (AvgIpc) is 2.55. The van der Waals surface area contributed by atoms with Gasteiger partial charge in [-0.1, -0.05) is 6.07 Å². The third-order valence-electron chi connectivity index (χ3n) is 4.18. The Hall–Kier alpha value is -1.93. The predicted molar refractivity (Wildman–Crippen MR) is 85.1 cm³/mol. The van der Waals surface area contributed by atoms with Gasteiger partial charge >= 0.3 is 0 Å². The molecule has 1 aliphatic rings. The first kappa shape index (κ1) is 16.9. The van der Waals surface area contributed by atoms with Crippen molar-refractivity contribution < 1.29 is 17.2 Å². The standard InChI is InChI=1S/C16H17F2N3O2S/c1-12-10-14(2-3-15(12)13-4-7-19-20-11-13)24(22,23)21-8-5-16(17,18)6-9-21/h2-4,7,10-11H,5-6,8-9H2,1H3. The lowest BCUT2D eigenvalue weighted by Crippen LogP contribution is -2.42. The van der Waals surface area contributed by atoms with Gasteiger partial charge in [0.1, 0.15) is 0 Å². The van der Waals surface area contributed by atoms with Gasteiger partial charge in [-0.2, -0.15) is 14.5 Å². The molecule has 1 fully saturated rings. The van der Waals surface area contributed by atoms with E-state index < -0.39 is 28.8 Å². The first-order valence-electron chi connectivity index (χ1n) is 7.55. The zero-order valence-electron chi connectivity index (χ0n) is 13.1. The number of benzene rings is 1. The predicted octanol–water partition coefficient (Wildman–Crippen LogP) is 2.87. The Kier molecular flexibility index (Phi) is 4.35. The van der Waals surface area contributed by atoms with E-state index in [9.17, 15) is 17.2 Å². The Balaban J connectivity index is 1.89. The summed E-state index contributed by atoms with van der Waals surface area (Å²) in [4.78, 5) is 0.121. The molecule has 0 atom stereocenters. The van der Waals surface area contributed by atoms with E-state index in [2.05, 4.69) is 10.2 Å². The Morgan fingerprint density at radius 3 is 2.42 bits per heavy atom. The van der Waals surface area contributed by atoms with Crippen molar-refractivity contribution in [3.8, 4) is 11.1 Å². The molecule has 5 nitrogen and oxygen atoms in total. The molecule has 0 unspecified atom stereocenters. The molecular weight excluding hydrogens is 336 g/mol. The third-order valence-corrected chi connectivity index (χ3v) is 6.08. The van der Waals surface area contributed by atoms with E-state index in [1.165, 1.54) is 6.07 Å². The van der Waals surface area contributed by atoms with Crippen molar-refractivity contribution in [3.63, 3.8) is 0 Å². The van der Waals surface area contributed by atoms with Gasteiger partial charge in [0.15, 0.2) is 0 Å². The minimum absolute atomic E-state index is 0.121. The minimum atomic E-state index is -3.76. The highest BCUT2D eigenvalue weighted by atomic mass is 32.2. The summed E-state index contributed by atoms with van der Waals surface area (Å²) in [6.07, 6.45) is 2.29. The number of halogens is 2. The van der Waals surface area contributed by atoms with Crippen LogP contribution in [0.15, 0.2) is 41.6 Å². The molecule has 128 valence electrons. The van der Waals surface area contributed by atoms with Gasteiger partial charge < -0.3 is 0 Å². The summed E-state index contributed by atoms with van der Waals surface area (Å²) in [5.41, 5.74) is 2.46. The van der Waals surface area contributed by atoms with Crippen LogP contribution in [0.25, 0.3) is 11.1 Å². The van der Waals surface area contributed by atoms with Crippen LogP contribution in [0.1, 0.15) is 18.4 Å². The van der Waals surface area contributed by atoms with Gasteiger partial charge in [-0.05, 0) is 36.2 Å². The normalized spacial score (nSPS) is 18.5. The number of aryl methyl sites for hydroxylation is 1. The maximum absolute atomic E-state index is 13.2. The number of hydrogen-bond donors (Lipinski definition) is 0. The first-order chi connectivity index (χ1) is 11.3. The molecule has 0 bridgehead atoms. The van der Waals surface area contributed by atoms with Crippen LogP contribution in [0, 0.1) is 6.92 Å². The SMILES string of the molecule is Cc1cc(S(=O)(=O)N2CCC(F)(F)CC2)ccc1-c1ccnnc1. The number of aromatic nitrogens is 2. The molecule has 0 amide bonds. The molecule has 24 heavy (non-hydrogen) atoms. The molecule has 1 saturated heterocycles. The maximum Gasteiger partial charge on any atom is 0.250 e.